The highest BCUT2D eigenvalue weighted by atomic mass is 16.5. The number of aryl methyl sites for hydroxylation is 1. The molecular formula is C26H38N6O4. The fraction of sp³-hybridized carbons (Fsp3) is 0.423. The minimum Gasteiger partial charge on any atom is -0.492 e. The van der Waals surface area contributed by atoms with Gasteiger partial charge in [-0.1, -0.05) is 42.5 Å². The van der Waals surface area contributed by atoms with Crippen LogP contribution in [0.4, 0.5) is 5.69 Å². The van der Waals surface area contributed by atoms with Crippen LogP contribution in [0.5, 0.6) is 5.75 Å². The molecule has 0 saturated carbocycles. The van der Waals surface area contributed by atoms with Gasteiger partial charge in [-0.05, 0) is 37.5 Å². The van der Waals surface area contributed by atoms with Gasteiger partial charge in [-0.15, -0.1) is 0 Å². The molecule has 0 radical (unpaired) electrons. The second kappa shape index (κ2) is 15.5. The molecule has 8 N–H and O–H groups in total. The second-order valence-corrected chi connectivity index (χ2v) is 8.27. The molecule has 0 aromatic heterocycles. The Morgan fingerprint density at radius 3 is 2.22 bits per heavy atom. The van der Waals surface area contributed by atoms with Crippen LogP contribution >= 0.6 is 0 Å². The van der Waals surface area contributed by atoms with Crippen molar-refractivity contribution >= 4 is 23.4 Å². The number of benzene rings is 2. The van der Waals surface area contributed by atoms with Crippen LogP contribution in [-0.4, -0.2) is 67.5 Å². The number of ether oxygens (including phenoxy) is 1. The molecule has 2 aromatic rings. The minimum atomic E-state index is -1.13. The van der Waals surface area contributed by atoms with Crippen molar-refractivity contribution in [1.82, 2.24) is 10.2 Å². The number of nitrogens with zero attached hydrogens (tertiary/aromatic N) is 1. The third-order valence-corrected chi connectivity index (χ3v) is 5.52. The summed E-state index contributed by atoms with van der Waals surface area (Å²) in [5.74, 6) is -0.777. The van der Waals surface area contributed by atoms with Gasteiger partial charge in [0.25, 0.3) is 0 Å². The van der Waals surface area contributed by atoms with Gasteiger partial charge < -0.3 is 37.5 Å². The first-order chi connectivity index (χ1) is 17.4. The zero-order chi connectivity index (χ0) is 26.3. The molecule has 0 aliphatic heterocycles. The van der Waals surface area contributed by atoms with Gasteiger partial charge in [0.05, 0.1) is 24.8 Å². The van der Waals surface area contributed by atoms with Crippen LogP contribution in [0.3, 0.4) is 0 Å². The lowest BCUT2D eigenvalue weighted by atomic mass is 10.0. The van der Waals surface area contributed by atoms with Crippen molar-refractivity contribution in [3.05, 3.63) is 60.2 Å². The molecule has 0 heterocycles. The Labute approximate surface area is 212 Å². The van der Waals surface area contributed by atoms with Crippen molar-refractivity contribution in [2.75, 3.05) is 38.1 Å². The quantitative estimate of drug-likeness (QED) is 0.240. The number of carbonyl (C=O) groups is 3. The summed E-state index contributed by atoms with van der Waals surface area (Å²) in [6.45, 7) is 3.50. The molecule has 0 fully saturated rings. The highest BCUT2D eigenvalue weighted by Gasteiger charge is 2.27. The number of nitrogens with one attached hydrogen (secondary N) is 2. The van der Waals surface area contributed by atoms with Crippen LogP contribution in [0.2, 0.25) is 0 Å². The molecule has 0 aliphatic rings. The third kappa shape index (κ3) is 9.29. The van der Waals surface area contributed by atoms with Gasteiger partial charge in [-0.3, -0.25) is 14.4 Å². The lowest BCUT2D eigenvalue weighted by Crippen LogP contribution is -2.52. The minimum absolute atomic E-state index is 0.216. The van der Waals surface area contributed by atoms with Gasteiger partial charge in [0, 0.05) is 26.2 Å². The molecule has 36 heavy (non-hydrogen) atoms. The monoisotopic (exact) mass is 498 g/mol. The summed E-state index contributed by atoms with van der Waals surface area (Å²) in [5, 5.41) is 5.58. The van der Waals surface area contributed by atoms with Crippen LogP contribution in [0, 0.1) is 0 Å². The number of nitrogens with two attached hydrogens (primary N) is 3. The number of hydrogen-bond donors (Lipinski definition) is 5. The van der Waals surface area contributed by atoms with E-state index in [0.29, 0.717) is 44.0 Å². The van der Waals surface area contributed by atoms with Crippen molar-refractivity contribution in [2.24, 2.45) is 17.2 Å². The number of hydrogen-bond acceptors (Lipinski definition) is 7. The van der Waals surface area contributed by atoms with Gasteiger partial charge in [-0.2, -0.15) is 0 Å². The maximum Gasteiger partial charge on any atom is 0.247 e. The summed E-state index contributed by atoms with van der Waals surface area (Å²) in [4.78, 5) is 40.2. The maximum absolute atomic E-state index is 13.2. The van der Waals surface area contributed by atoms with Crippen LogP contribution in [0.15, 0.2) is 54.6 Å². The van der Waals surface area contributed by atoms with E-state index in [9.17, 15) is 14.4 Å². The number of anilines is 1. The molecule has 10 heteroatoms. The van der Waals surface area contributed by atoms with E-state index >= 15 is 0 Å². The van der Waals surface area contributed by atoms with E-state index in [2.05, 4.69) is 10.6 Å². The highest BCUT2D eigenvalue weighted by molar-refractivity contribution is 5.99. The number of para-hydroxylation sites is 2. The average molecular weight is 499 g/mol. The molecule has 0 saturated heterocycles. The second-order valence-electron chi connectivity index (χ2n) is 8.27. The van der Waals surface area contributed by atoms with Crippen molar-refractivity contribution < 1.29 is 19.1 Å². The van der Waals surface area contributed by atoms with Gasteiger partial charge in [-0.25, -0.2) is 0 Å². The molecule has 0 aliphatic carbocycles. The summed E-state index contributed by atoms with van der Waals surface area (Å²) in [7, 11) is 0. The van der Waals surface area contributed by atoms with Gasteiger partial charge in [0.15, 0.2) is 0 Å². The Kier molecular flexibility index (Phi) is 12.4. The Morgan fingerprint density at radius 2 is 1.58 bits per heavy atom. The Balaban J connectivity index is 2.11. The lowest BCUT2D eigenvalue weighted by molar-refractivity contribution is -0.134. The highest BCUT2D eigenvalue weighted by Crippen LogP contribution is 2.24. The first-order valence-electron chi connectivity index (χ1n) is 12.2. The van der Waals surface area contributed by atoms with E-state index < -0.39 is 23.9 Å². The number of amides is 3. The fourth-order valence-electron chi connectivity index (χ4n) is 3.66. The fourth-order valence-corrected chi connectivity index (χ4v) is 3.66. The zero-order valence-corrected chi connectivity index (χ0v) is 20.8. The Morgan fingerprint density at radius 1 is 0.944 bits per heavy atom. The predicted octanol–water partition coefficient (Wildman–Crippen LogP) is 0.605. The molecule has 10 nitrogen and oxygen atoms in total. The molecule has 3 amide bonds. The molecule has 2 rings (SSSR count). The van der Waals surface area contributed by atoms with E-state index in [-0.39, 0.29) is 25.4 Å². The molecular weight excluding hydrogens is 460 g/mol. The van der Waals surface area contributed by atoms with Crippen molar-refractivity contribution in [3.63, 3.8) is 0 Å². The molecule has 196 valence electrons. The van der Waals surface area contributed by atoms with E-state index in [1.165, 1.54) is 4.90 Å². The van der Waals surface area contributed by atoms with Crippen molar-refractivity contribution in [2.45, 2.75) is 38.3 Å². The molecule has 0 spiro atoms. The molecule has 2 aromatic carbocycles. The zero-order valence-electron chi connectivity index (χ0n) is 20.8. The largest absolute Gasteiger partial charge is 0.492 e. The maximum atomic E-state index is 13.2. The van der Waals surface area contributed by atoms with Crippen molar-refractivity contribution in [1.29, 1.82) is 0 Å². The SMILES string of the molecule is CCOc1ccccc1NC(=O)[C@H](CCc1ccccc1)NC(=O)[C@@H](N)CC(=O)N(CCN)CCN. The summed E-state index contributed by atoms with van der Waals surface area (Å²) in [6, 6.07) is 14.7. The first-order valence-corrected chi connectivity index (χ1v) is 12.2. The van der Waals surface area contributed by atoms with Crippen molar-refractivity contribution in [3.8, 4) is 5.75 Å². The average Bonchev–Trinajstić information content (AvgIpc) is 2.88. The van der Waals surface area contributed by atoms with E-state index in [4.69, 9.17) is 21.9 Å². The summed E-state index contributed by atoms with van der Waals surface area (Å²) in [6.07, 6.45) is 0.679. The van der Waals surface area contributed by atoms with Gasteiger partial charge in [0.1, 0.15) is 11.8 Å². The summed E-state index contributed by atoms with van der Waals surface area (Å²) < 4.78 is 5.59. The van der Waals surface area contributed by atoms with E-state index in [1.54, 1.807) is 18.2 Å². The van der Waals surface area contributed by atoms with E-state index in [0.717, 1.165) is 5.56 Å². The van der Waals surface area contributed by atoms with E-state index in [1.807, 2.05) is 43.3 Å². The Bertz CT molecular complexity index is 966. The third-order valence-electron chi connectivity index (χ3n) is 5.52. The predicted molar refractivity (Wildman–Crippen MR) is 140 cm³/mol. The van der Waals surface area contributed by atoms with Crippen LogP contribution in [0.25, 0.3) is 0 Å². The summed E-state index contributed by atoms with van der Waals surface area (Å²) >= 11 is 0. The smallest absolute Gasteiger partial charge is 0.247 e. The van der Waals surface area contributed by atoms with Gasteiger partial charge in [0.2, 0.25) is 17.7 Å². The number of rotatable bonds is 15. The van der Waals surface area contributed by atoms with Crippen LogP contribution in [0.1, 0.15) is 25.3 Å². The summed E-state index contributed by atoms with van der Waals surface area (Å²) in [5.41, 5.74) is 18.7. The molecule has 2 atom stereocenters. The lowest BCUT2D eigenvalue weighted by Gasteiger charge is -2.24. The van der Waals surface area contributed by atoms with Gasteiger partial charge >= 0.3 is 0 Å². The topological polar surface area (TPSA) is 166 Å². The first kappa shape index (κ1) is 28.8. The van der Waals surface area contributed by atoms with Crippen LogP contribution in [-0.2, 0) is 20.8 Å². The normalized spacial score (nSPS) is 12.3. The molecule has 0 unspecified atom stereocenters. The Hall–Kier alpha value is -3.47. The molecule has 0 bridgehead atoms. The van der Waals surface area contributed by atoms with Crippen LogP contribution < -0.4 is 32.6 Å². The standard InChI is InChI=1S/C26H38N6O4/c1-2-36-23-11-7-6-10-21(23)30-26(35)22(13-12-19-8-4-3-5-9-19)31-25(34)20(29)18-24(33)32(16-14-27)17-15-28/h3-11,20,22H,2,12-18,27-29H2,1H3,(H,30,35)(H,31,34)/t20-,22-/m0/s1. The number of carbonyl (C=O) groups excluding carboxylic acids is 3.